The summed E-state index contributed by atoms with van der Waals surface area (Å²) in [6.07, 6.45) is 0. The molecule has 0 spiro atoms. The zero-order valence-electron chi connectivity index (χ0n) is 14.8. The Kier molecular flexibility index (Phi) is 3.81. The molecule has 0 saturated carbocycles. The van der Waals surface area contributed by atoms with Gasteiger partial charge in [0.1, 0.15) is 0 Å². The molecule has 5 rings (SSSR count). The van der Waals surface area contributed by atoms with E-state index in [1.165, 1.54) is 27.4 Å². The third-order valence-electron chi connectivity index (χ3n) is 5.13. The summed E-state index contributed by atoms with van der Waals surface area (Å²) in [5.41, 5.74) is 6.81. The quantitative estimate of drug-likeness (QED) is 0.480. The van der Waals surface area contributed by atoms with Gasteiger partial charge in [-0.25, -0.2) is 0 Å². The summed E-state index contributed by atoms with van der Waals surface area (Å²) in [6.45, 7) is 0. The summed E-state index contributed by atoms with van der Waals surface area (Å²) >= 11 is 0. The molecule has 1 heterocycles. The second-order valence-corrected chi connectivity index (χ2v) is 6.78. The van der Waals surface area contributed by atoms with Gasteiger partial charge in [-0.2, -0.15) is 0 Å². The molecule has 0 atom stereocenters. The van der Waals surface area contributed by atoms with E-state index in [0.717, 1.165) is 16.7 Å². The fourth-order valence-corrected chi connectivity index (χ4v) is 3.85. The van der Waals surface area contributed by atoms with Gasteiger partial charge in [0.15, 0.2) is 0 Å². The van der Waals surface area contributed by atoms with Gasteiger partial charge < -0.3 is 9.59 Å². The van der Waals surface area contributed by atoms with Crippen molar-refractivity contribution in [2.24, 2.45) is 0 Å². The van der Waals surface area contributed by atoms with Crippen molar-refractivity contribution in [3.05, 3.63) is 97.1 Å². The lowest BCUT2D eigenvalue weighted by molar-refractivity contribution is 0.615. The van der Waals surface area contributed by atoms with Crippen LogP contribution in [0.5, 0.6) is 0 Å². The van der Waals surface area contributed by atoms with Crippen molar-refractivity contribution >= 4 is 34.8 Å². The molecule has 128 valence electrons. The largest absolute Gasteiger partial charge is 0.449 e. The molecule has 2 nitrogen and oxygen atoms in total. The minimum Gasteiger partial charge on any atom is -0.449 e. The van der Waals surface area contributed by atoms with Crippen LogP contribution in [0.25, 0.3) is 38.6 Å². The standard InChI is InChI=1S/C24H18BNO/c27-25-19-13-14-24-22(16-19)21-11-4-5-12-23(21)26(24)20-10-6-9-18(15-20)17-7-2-1-3-8-17/h1-16,25,27H. The Morgan fingerprint density at radius 1 is 0.593 bits per heavy atom. The molecule has 0 saturated heterocycles. The minimum absolute atomic E-state index is 0.0545. The van der Waals surface area contributed by atoms with Crippen LogP contribution in [0.1, 0.15) is 0 Å². The normalized spacial score (nSPS) is 11.1. The summed E-state index contributed by atoms with van der Waals surface area (Å²) in [7, 11) is 0.0545. The summed E-state index contributed by atoms with van der Waals surface area (Å²) in [5, 5.41) is 11.9. The van der Waals surface area contributed by atoms with Crippen LogP contribution in [0.15, 0.2) is 97.1 Å². The number of aromatic nitrogens is 1. The van der Waals surface area contributed by atoms with E-state index in [1.54, 1.807) is 0 Å². The van der Waals surface area contributed by atoms with Crippen LogP contribution in [0.2, 0.25) is 0 Å². The van der Waals surface area contributed by atoms with Gasteiger partial charge in [0, 0.05) is 16.5 Å². The first-order valence-electron chi connectivity index (χ1n) is 9.14. The van der Waals surface area contributed by atoms with Gasteiger partial charge in [-0.3, -0.25) is 0 Å². The van der Waals surface area contributed by atoms with Gasteiger partial charge >= 0.3 is 7.48 Å². The molecule has 3 heteroatoms. The Labute approximate surface area is 158 Å². The monoisotopic (exact) mass is 347 g/mol. The topological polar surface area (TPSA) is 25.2 Å². The van der Waals surface area contributed by atoms with Gasteiger partial charge in [0.2, 0.25) is 0 Å². The van der Waals surface area contributed by atoms with Crippen molar-refractivity contribution < 1.29 is 5.02 Å². The minimum atomic E-state index is 0.0545. The summed E-state index contributed by atoms with van der Waals surface area (Å²) in [5.74, 6) is 0. The highest BCUT2D eigenvalue weighted by atomic mass is 16.2. The zero-order chi connectivity index (χ0) is 18.2. The second kappa shape index (κ2) is 6.46. The Morgan fingerprint density at radius 3 is 2.19 bits per heavy atom. The number of para-hydroxylation sites is 1. The number of hydrogen-bond donors (Lipinski definition) is 1. The first kappa shape index (κ1) is 15.9. The van der Waals surface area contributed by atoms with E-state index >= 15 is 0 Å². The Hall–Kier alpha value is -3.30. The summed E-state index contributed by atoms with van der Waals surface area (Å²) in [6, 6.07) is 33.7. The van der Waals surface area contributed by atoms with Crippen LogP contribution in [0, 0.1) is 0 Å². The SMILES string of the molecule is OBc1ccc2c(c1)c1ccccc1n2-c1cccc(-c2ccccc2)c1. The van der Waals surface area contributed by atoms with E-state index in [9.17, 15) is 5.02 Å². The van der Waals surface area contributed by atoms with Gasteiger partial charge in [-0.05, 0) is 35.4 Å². The van der Waals surface area contributed by atoms with Crippen molar-refractivity contribution in [3.63, 3.8) is 0 Å². The highest BCUT2D eigenvalue weighted by Crippen LogP contribution is 2.32. The van der Waals surface area contributed by atoms with Crippen molar-refractivity contribution in [1.29, 1.82) is 0 Å². The van der Waals surface area contributed by atoms with E-state index in [1.807, 2.05) is 12.1 Å². The van der Waals surface area contributed by atoms with Gasteiger partial charge in [-0.1, -0.05) is 78.3 Å². The Bertz CT molecular complexity index is 1260. The third-order valence-corrected chi connectivity index (χ3v) is 5.13. The van der Waals surface area contributed by atoms with Crippen molar-refractivity contribution in [3.8, 4) is 16.8 Å². The van der Waals surface area contributed by atoms with Crippen LogP contribution in [-0.2, 0) is 0 Å². The Balaban J connectivity index is 1.80. The molecule has 4 aromatic carbocycles. The number of fused-ring (bicyclic) bond motifs is 3. The molecule has 0 aliphatic carbocycles. The average Bonchev–Trinajstić information content (AvgIpc) is 3.08. The van der Waals surface area contributed by atoms with E-state index in [4.69, 9.17) is 0 Å². The number of benzene rings is 4. The zero-order valence-corrected chi connectivity index (χ0v) is 14.8. The molecular weight excluding hydrogens is 329 g/mol. The first-order chi connectivity index (χ1) is 13.3. The third kappa shape index (κ3) is 2.64. The van der Waals surface area contributed by atoms with Crippen LogP contribution < -0.4 is 5.46 Å². The number of hydrogen-bond acceptors (Lipinski definition) is 1. The predicted octanol–water partition coefficient (Wildman–Crippen LogP) is 4.42. The smallest absolute Gasteiger partial charge is 0.304 e. The van der Waals surface area contributed by atoms with Crippen LogP contribution in [0.4, 0.5) is 0 Å². The van der Waals surface area contributed by atoms with Crippen LogP contribution >= 0.6 is 0 Å². The summed E-state index contributed by atoms with van der Waals surface area (Å²) < 4.78 is 2.30. The lowest BCUT2D eigenvalue weighted by atomic mass is 9.88. The molecule has 5 aromatic rings. The maximum atomic E-state index is 9.55. The molecule has 27 heavy (non-hydrogen) atoms. The fraction of sp³-hybridized carbons (Fsp3) is 0. The maximum absolute atomic E-state index is 9.55. The summed E-state index contributed by atoms with van der Waals surface area (Å²) in [4.78, 5) is 0. The van der Waals surface area contributed by atoms with E-state index in [-0.39, 0.29) is 7.48 Å². The lowest BCUT2D eigenvalue weighted by Crippen LogP contribution is -2.12. The molecule has 1 aromatic heterocycles. The highest BCUT2D eigenvalue weighted by molar-refractivity contribution is 6.46. The number of rotatable bonds is 3. The maximum Gasteiger partial charge on any atom is 0.304 e. The molecule has 0 radical (unpaired) electrons. The van der Waals surface area contributed by atoms with Gasteiger partial charge in [0.05, 0.1) is 11.0 Å². The predicted molar refractivity (Wildman–Crippen MR) is 115 cm³/mol. The second-order valence-electron chi connectivity index (χ2n) is 6.78. The van der Waals surface area contributed by atoms with E-state index in [2.05, 4.69) is 89.5 Å². The first-order valence-corrected chi connectivity index (χ1v) is 9.14. The molecule has 1 N–H and O–H groups in total. The van der Waals surface area contributed by atoms with Crippen molar-refractivity contribution in [2.45, 2.75) is 0 Å². The van der Waals surface area contributed by atoms with E-state index < -0.39 is 0 Å². The van der Waals surface area contributed by atoms with Crippen molar-refractivity contribution in [2.75, 3.05) is 0 Å². The van der Waals surface area contributed by atoms with E-state index in [0.29, 0.717) is 0 Å². The molecule has 0 fully saturated rings. The average molecular weight is 347 g/mol. The highest BCUT2D eigenvalue weighted by Gasteiger charge is 2.13. The lowest BCUT2D eigenvalue weighted by Gasteiger charge is -2.10. The molecule has 0 amide bonds. The van der Waals surface area contributed by atoms with Gasteiger partial charge in [0.25, 0.3) is 0 Å². The van der Waals surface area contributed by atoms with Crippen molar-refractivity contribution in [1.82, 2.24) is 4.57 Å². The molecule has 0 unspecified atom stereocenters. The van der Waals surface area contributed by atoms with Gasteiger partial charge in [-0.15, -0.1) is 0 Å². The molecule has 0 bridgehead atoms. The molecular formula is C24H18BNO. The molecule has 0 aliphatic heterocycles. The van der Waals surface area contributed by atoms with Crippen LogP contribution in [-0.4, -0.2) is 17.1 Å². The Morgan fingerprint density at radius 2 is 1.33 bits per heavy atom. The molecule has 0 aliphatic rings. The fourth-order valence-electron chi connectivity index (χ4n) is 3.85. The van der Waals surface area contributed by atoms with Crippen LogP contribution in [0.3, 0.4) is 0 Å². The number of nitrogens with zero attached hydrogens (tertiary/aromatic N) is 1.